The minimum Gasteiger partial charge on any atom is -0.327 e. The van der Waals surface area contributed by atoms with Crippen LogP contribution in [-0.2, 0) is 0 Å². The Hall–Kier alpha value is -1.49. The van der Waals surface area contributed by atoms with E-state index in [2.05, 4.69) is 36.1 Å². The molecule has 0 aliphatic heterocycles. The summed E-state index contributed by atoms with van der Waals surface area (Å²) >= 11 is 0. The largest absolute Gasteiger partial charge is 0.327 e. The Kier molecular flexibility index (Phi) is 2.82. The Labute approximate surface area is 113 Å². The van der Waals surface area contributed by atoms with Gasteiger partial charge in [0.05, 0.1) is 0 Å². The highest BCUT2D eigenvalue weighted by Crippen LogP contribution is 2.48. The molecule has 0 radical (unpaired) electrons. The average molecular weight is 259 g/mol. The van der Waals surface area contributed by atoms with Crippen molar-refractivity contribution in [2.75, 3.05) is 0 Å². The molecule has 5 heteroatoms. The zero-order valence-electron chi connectivity index (χ0n) is 11.7. The minimum absolute atomic E-state index is 0.109. The molecule has 19 heavy (non-hydrogen) atoms. The van der Waals surface area contributed by atoms with Crippen molar-refractivity contribution in [3.05, 3.63) is 24.2 Å². The molecule has 2 aromatic rings. The summed E-state index contributed by atoms with van der Waals surface area (Å²) in [4.78, 5) is 0. The fourth-order valence-corrected chi connectivity index (χ4v) is 3.29. The maximum absolute atomic E-state index is 6.22. The summed E-state index contributed by atoms with van der Waals surface area (Å²) in [5.74, 6) is 1.79. The minimum atomic E-state index is 0.109. The third-order valence-electron chi connectivity index (χ3n) is 5.02. The van der Waals surface area contributed by atoms with E-state index in [1.807, 2.05) is 16.6 Å². The molecule has 1 fully saturated rings. The first-order chi connectivity index (χ1) is 9.01. The summed E-state index contributed by atoms with van der Waals surface area (Å²) in [6.07, 6.45) is 3.87. The van der Waals surface area contributed by atoms with Gasteiger partial charge >= 0.3 is 0 Å². The Morgan fingerprint density at radius 2 is 2.11 bits per heavy atom. The standard InChI is InChI=1S/C14H21N5/c1-9-11(15)7-6-10(14(9,2)3)13-18-17-12-5-4-8-16-19(12)13/h4-5,8-11H,6-7,15H2,1-3H3. The Bertz CT molecular complexity index is 588. The number of rotatable bonds is 1. The highest BCUT2D eigenvalue weighted by atomic mass is 15.4. The molecule has 2 aromatic heterocycles. The Morgan fingerprint density at radius 3 is 2.89 bits per heavy atom. The molecule has 0 aromatic carbocycles. The van der Waals surface area contributed by atoms with Gasteiger partial charge in [0, 0.05) is 18.2 Å². The predicted molar refractivity (Wildman–Crippen MR) is 73.7 cm³/mol. The van der Waals surface area contributed by atoms with Crippen molar-refractivity contribution in [1.82, 2.24) is 19.8 Å². The van der Waals surface area contributed by atoms with Crippen LogP contribution in [0.5, 0.6) is 0 Å². The van der Waals surface area contributed by atoms with E-state index in [1.165, 1.54) is 0 Å². The second kappa shape index (κ2) is 4.27. The number of hydrogen-bond donors (Lipinski definition) is 1. The van der Waals surface area contributed by atoms with E-state index in [0.29, 0.717) is 11.8 Å². The molecule has 0 spiro atoms. The van der Waals surface area contributed by atoms with Crippen LogP contribution < -0.4 is 5.73 Å². The lowest BCUT2D eigenvalue weighted by atomic mass is 9.61. The fourth-order valence-electron chi connectivity index (χ4n) is 3.29. The van der Waals surface area contributed by atoms with Crippen LogP contribution in [-0.4, -0.2) is 25.9 Å². The molecule has 3 atom stereocenters. The smallest absolute Gasteiger partial charge is 0.177 e. The summed E-state index contributed by atoms with van der Waals surface area (Å²) in [5, 5.41) is 13.0. The molecule has 0 bridgehead atoms. The lowest BCUT2D eigenvalue weighted by molar-refractivity contribution is 0.0937. The van der Waals surface area contributed by atoms with Crippen molar-refractivity contribution in [2.45, 2.75) is 45.6 Å². The van der Waals surface area contributed by atoms with E-state index < -0.39 is 0 Å². The lowest BCUT2D eigenvalue weighted by Gasteiger charge is -2.45. The summed E-state index contributed by atoms with van der Waals surface area (Å²) in [7, 11) is 0. The van der Waals surface area contributed by atoms with Gasteiger partial charge in [-0.15, -0.1) is 10.2 Å². The van der Waals surface area contributed by atoms with Crippen LogP contribution in [0.15, 0.2) is 18.3 Å². The van der Waals surface area contributed by atoms with Gasteiger partial charge in [0.25, 0.3) is 0 Å². The first-order valence-electron chi connectivity index (χ1n) is 6.93. The van der Waals surface area contributed by atoms with Gasteiger partial charge in [0.1, 0.15) is 0 Å². The molecular formula is C14H21N5. The number of aromatic nitrogens is 4. The van der Waals surface area contributed by atoms with Gasteiger partial charge in [0.15, 0.2) is 11.5 Å². The topological polar surface area (TPSA) is 69.1 Å². The summed E-state index contributed by atoms with van der Waals surface area (Å²) in [6, 6.07) is 4.10. The van der Waals surface area contributed by atoms with E-state index in [9.17, 15) is 0 Å². The van der Waals surface area contributed by atoms with Gasteiger partial charge in [-0.25, -0.2) is 0 Å². The third-order valence-corrected chi connectivity index (χ3v) is 5.02. The molecule has 3 rings (SSSR count). The average Bonchev–Trinajstić information content (AvgIpc) is 2.80. The van der Waals surface area contributed by atoms with E-state index in [4.69, 9.17) is 5.73 Å². The quantitative estimate of drug-likeness (QED) is 0.850. The monoisotopic (exact) mass is 259 g/mol. The highest BCUT2D eigenvalue weighted by molar-refractivity contribution is 5.35. The van der Waals surface area contributed by atoms with Gasteiger partial charge in [-0.3, -0.25) is 0 Å². The van der Waals surface area contributed by atoms with Gasteiger partial charge in [-0.05, 0) is 36.3 Å². The van der Waals surface area contributed by atoms with E-state index in [-0.39, 0.29) is 11.5 Å². The summed E-state index contributed by atoms with van der Waals surface area (Å²) < 4.78 is 1.87. The second-order valence-corrected chi connectivity index (χ2v) is 6.26. The number of fused-ring (bicyclic) bond motifs is 1. The van der Waals surface area contributed by atoms with Crippen molar-refractivity contribution in [2.24, 2.45) is 17.1 Å². The molecule has 102 valence electrons. The van der Waals surface area contributed by atoms with Crippen LogP contribution in [0.1, 0.15) is 45.4 Å². The van der Waals surface area contributed by atoms with Crippen LogP contribution in [0.2, 0.25) is 0 Å². The van der Waals surface area contributed by atoms with Crippen LogP contribution >= 0.6 is 0 Å². The normalized spacial score (nSPS) is 30.6. The number of nitrogens with zero attached hydrogens (tertiary/aromatic N) is 4. The van der Waals surface area contributed by atoms with Gasteiger partial charge in [-0.1, -0.05) is 20.8 Å². The van der Waals surface area contributed by atoms with Gasteiger partial charge in [-0.2, -0.15) is 9.61 Å². The maximum atomic E-state index is 6.22. The van der Waals surface area contributed by atoms with Gasteiger partial charge in [0.2, 0.25) is 0 Å². The molecule has 2 heterocycles. The Balaban J connectivity index is 2.06. The maximum Gasteiger partial charge on any atom is 0.177 e. The molecule has 1 saturated carbocycles. The third kappa shape index (κ3) is 1.84. The summed E-state index contributed by atoms with van der Waals surface area (Å²) in [5.41, 5.74) is 7.15. The van der Waals surface area contributed by atoms with Crippen molar-refractivity contribution >= 4 is 5.65 Å². The van der Waals surface area contributed by atoms with Crippen molar-refractivity contribution in [1.29, 1.82) is 0 Å². The van der Waals surface area contributed by atoms with Crippen LogP contribution in [0.3, 0.4) is 0 Å². The molecule has 5 nitrogen and oxygen atoms in total. The van der Waals surface area contributed by atoms with Gasteiger partial charge < -0.3 is 5.73 Å². The van der Waals surface area contributed by atoms with Crippen LogP contribution in [0, 0.1) is 11.3 Å². The SMILES string of the molecule is CC1C(N)CCC(c2nnc3cccnn23)C1(C)C. The number of hydrogen-bond acceptors (Lipinski definition) is 4. The second-order valence-electron chi connectivity index (χ2n) is 6.26. The van der Waals surface area contributed by atoms with E-state index in [0.717, 1.165) is 24.3 Å². The summed E-state index contributed by atoms with van der Waals surface area (Å²) in [6.45, 7) is 6.81. The zero-order chi connectivity index (χ0) is 13.6. The molecular weight excluding hydrogens is 238 g/mol. The highest BCUT2D eigenvalue weighted by Gasteiger charge is 2.44. The molecule has 0 saturated heterocycles. The molecule has 1 aliphatic rings. The van der Waals surface area contributed by atoms with Crippen LogP contribution in [0.4, 0.5) is 0 Å². The van der Waals surface area contributed by atoms with E-state index in [1.54, 1.807) is 6.20 Å². The molecule has 1 aliphatic carbocycles. The van der Waals surface area contributed by atoms with Crippen LogP contribution in [0.25, 0.3) is 5.65 Å². The lowest BCUT2D eigenvalue weighted by Crippen LogP contribution is -2.46. The molecule has 2 N–H and O–H groups in total. The van der Waals surface area contributed by atoms with Crippen molar-refractivity contribution in [3.8, 4) is 0 Å². The molecule has 3 unspecified atom stereocenters. The van der Waals surface area contributed by atoms with Crippen molar-refractivity contribution < 1.29 is 0 Å². The first-order valence-corrected chi connectivity index (χ1v) is 6.93. The number of nitrogens with two attached hydrogens (primary N) is 1. The fraction of sp³-hybridized carbons (Fsp3) is 0.643. The zero-order valence-corrected chi connectivity index (χ0v) is 11.7. The Morgan fingerprint density at radius 1 is 1.32 bits per heavy atom. The molecule has 0 amide bonds. The predicted octanol–water partition coefficient (Wildman–Crippen LogP) is 1.99. The van der Waals surface area contributed by atoms with Crippen molar-refractivity contribution in [3.63, 3.8) is 0 Å². The first kappa shape index (κ1) is 12.5. The van der Waals surface area contributed by atoms with E-state index >= 15 is 0 Å².